The molecule has 0 amide bonds. The molecule has 0 saturated heterocycles. The lowest BCUT2D eigenvalue weighted by molar-refractivity contribution is -0.145. The zero-order valence-corrected chi connectivity index (χ0v) is 6.88. The third-order valence-electron chi connectivity index (χ3n) is 2.13. The summed E-state index contributed by atoms with van der Waals surface area (Å²) in [6.07, 6.45) is 3.43. The highest BCUT2D eigenvalue weighted by atomic mass is 16.5. The SMILES string of the molecule is COC(=O)[C@@H](CN)CC1CC1. The van der Waals surface area contributed by atoms with Crippen molar-refractivity contribution in [2.45, 2.75) is 19.3 Å². The molecule has 0 spiro atoms. The van der Waals surface area contributed by atoms with Gasteiger partial charge in [-0.15, -0.1) is 0 Å². The van der Waals surface area contributed by atoms with E-state index in [9.17, 15) is 4.79 Å². The molecule has 0 aliphatic heterocycles. The summed E-state index contributed by atoms with van der Waals surface area (Å²) < 4.78 is 4.61. The number of hydrogen-bond acceptors (Lipinski definition) is 3. The number of hydrogen-bond donors (Lipinski definition) is 1. The summed E-state index contributed by atoms with van der Waals surface area (Å²) in [4.78, 5) is 11.0. The molecule has 0 aromatic rings. The zero-order valence-electron chi connectivity index (χ0n) is 6.88. The summed E-state index contributed by atoms with van der Waals surface area (Å²) in [5.74, 6) is 0.523. The lowest BCUT2D eigenvalue weighted by Gasteiger charge is -2.10. The van der Waals surface area contributed by atoms with Crippen LogP contribution in [0.1, 0.15) is 19.3 Å². The minimum absolute atomic E-state index is 0.0625. The minimum Gasteiger partial charge on any atom is -0.469 e. The van der Waals surface area contributed by atoms with Gasteiger partial charge in [0.25, 0.3) is 0 Å². The second kappa shape index (κ2) is 3.72. The average molecular weight is 157 g/mol. The van der Waals surface area contributed by atoms with Crippen molar-refractivity contribution in [2.75, 3.05) is 13.7 Å². The Morgan fingerprint density at radius 2 is 2.36 bits per heavy atom. The Morgan fingerprint density at radius 3 is 2.73 bits per heavy atom. The normalized spacial score (nSPS) is 19.5. The molecule has 2 N–H and O–H groups in total. The molecular weight excluding hydrogens is 142 g/mol. The molecule has 3 heteroatoms. The highest BCUT2D eigenvalue weighted by Crippen LogP contribution is 2.35. The topological polar surface area (TPSA) is 52.3 Å². The highest BCUT2D eigenvalue weighted by molar-refractivity contribution is 5.72. The van der Waals surface area contributed by atoms with E-state index in [0.717, 1.165) is 12.3 Å². The van der Waals surface area contributed by atoms with Crippen LogP contribution in [0.3, 0.4) is 0 Å². The molecule has 0 radical (unpaired) electrons. The van der Waals surface area contributed by atoms with Gasteiger partial charge in [-0.3, -0.25) is 4.79 Å². The number of carbonyl (C=O) groups excluding carboxylic acids is 1. The van der Waals surface area contributed by atoms with Crippen LogP contribution >= 0.6 is 0 Å². The summed E-state index contributed by atoms with van der Waals surface area (Å²) in [7, 11) is 1.41. The zero-order chi connectivity index (χ0) is 8.27. The van der Waals surface area contributed by atoms with Crippen molar-refractivity contribution in [2.24, 2.45) is 17.6 Å². The molecule has 11 heavy (non-hydrogen) atoms. The fraction of sp³-hybridized carbons (Fsp3) is 0.875. The van der Waals surface area contributed by atoms with Crippen molar-refractivity contribution in [1.82, 2.24) is 0 Å². The van der Waals surface area contributed by atoms with Gasteiger partial charge in [-0.1, -0.05) is 12.8 Å². The van der Waals surface area contributed by atoms with E-state index >= 15 is 0 Å². The van der Waals surface area contributed by atoms with Gasteiger partial charge >= 0.3 is 5.97 Å². The smallest absolute Gasteiger partial charge is 0.309 e. The lowest BCUT2D eigenvalue weighted by Crippen LogP contribution is -2.25. The van der Waals surface area contributed by atoms with E-state index in [4.69, 9.17) is 5.73 Å². The molecule has 0 aromatic carbocycles. The molecule has 0 aromatic heterocycles. The number of methoxy groups -OCH3 is 1. The molecule has 64 valence electrons. The third kappa shape index (κ3) is 2.50. The summed E-state index contributed by atoms with van der Waals surface area (Å²) in [5.41, 5.74) is 5.42. The largest absolute Gasteiger partial charge is 0.469 e. The first-order valence-corrected chi connectivity index (χ1v) is 4.05. The predicted molar refractivity (Wildman–Crippen MR) is 41.9 cm³/mol. The van der Waals surface area contributed by atoms with E-state index in [2.05, 4.69) is 4.74 Å². The molecule has 1 saturated carbocycles. The minimum atomic E-state index is -0.153. The highest BCUT2D eigenvalue weighted by Gasteiger charge is 2.28. The van der Waals surface area contributed by atoms with Crippen LogP contribution in [-0.4, -0.2) is 19.6 Å². The van der Waals surface area contributed by atoms with Gasteiger partial charge in [-0.2, -0.15) is 0 Å². The van der Waals surface area contributed by atoms with Crippen LogP contribution in [0.2, 0.25) is 0 Å². The van der Waals surface area contributed by atoms with Crippen molar-refractivity contribution < 1.29 is 9.53 Å². The van der Waals surface area contributed by atoms with Crippen molar-refractivity contribution >= 4 is 5.97 Å². The van der Waals surface area contributed by atoms with Crippen LogP contribution in [-0.2, 0) is 9.53 Å². The van der Waals surface area contributed by atoms with E-state index in [1.165, 1.54) is 20.0 Å². The number of ether oxygens (including phenoxy) is 1. The maximum atomic E-state index is 11.0. The first kappa shape index (κ1) is 8.53. The molecular formula is C8H15NO2. The summed E-state index contributed by atoms with van der Waals surface area (Å²) in [6.45, 7) is 0.420. The Hall–Kier alpha value is -0.570. The van der Waals surface area contributed by atoms with Gasteiger partial charge in [-0.05, 0) is 12.3 Å². The van der Waals surface area contributed by atoms with Gasteiger partial charge in [0.2, 0.25) is 0 Å². The predicted octanol–water partition coefficient (Wildman–Crippen LogP) is 0.534. The van der Waals surface area contributed by atoms with Crippen molar-refractivity contribution in [3.8, 4) is 0 Å². The Labute approximate surface area is 66.9 Å². The Kier molecular flexibility index (Phi) is 2.88. The lowest BCUT2D eigenvalue weighted by atomic mass is 10.0. The number of esters is 1. The molecule has 1 aliphatic carbocycles. The van der Waals surface area contributed by atoms with Gasteiger partial charge < -0.3 is 10.5 Å². The molecule has 1 rings (SSSR count). The maximum Gasteiger partial charge on any atom is 0.309 e. The summed E-state index contributed by atoms with van der Waals surface area (Å²) in [5, 5.41) is 0. The fourth-order valence-corrected chi connectivity index (χ4v) is 1.21. The number of carbonyl (C=O) groups is 1. The van der Waals surface area contributed by atoms with E-state index in [1.54, 1.807) is 0 Å². The van der Waals surface area contributed by atoms with Crippen LogP contribution < -0.4 is 5.73 Å². The van der Waals surface area contributed by atoms with Gasteiger partial charge in [0, 0.05) is 6.54 Å². The first-order chi connectivity index (χ1) is 5.27. The molecule has 1 fully saturated rings. The van der Waals surface area contributed by atoms with Crippen LogP contribution in [0.25, 0.3) is 0 Å². The van der Waals surface area contributed by atoms with E-state index < -0.39 is 0 Å². The summed E-state index contributed by atoms with van der Waals surface area (Å²) >= 11 is 0. The van der Waals surface area contributed by atoms with Gasteiger partial charge in [0.1, 0.15) is 0 Å². The van der Waals surface area contributed by atoms with Crippen molar-refractivity contribution in [3.05, 3.63) is 0 Å². The van der Waals surface area contributed by atoms with Gasteiger partial charge in [0.15, 0.2) is 0 Å². The molecule has 0 unspecified atom stereocenters. The Morgan fingerprint density at radius 1 is 1.73 bits per heavy atom. The van der Waals surface area contributed by atoms with Crippen molar-refractivity contribution in [1.29, 1.82) is 0 Å². The monoisotopic (exact) mass is 157 g/mol. The quantitative estimate of drug-likeness (QED) is 0.606. The molecule has 3 nitrogen and oxygen atoms in total. The summed E-state index contributed by atoms with van der Waals surface area (Å²) in [6, 6.07) is 0. The van der Waals surface area contributed by atoms with E-state index in [0.29, 0.717) is 6.54 Å². The second-order valence-electron chi connectivity index (χ2n) is 3.13. The number of rotatable bonds is 4. The van der Waals surface area contributed by atoms with E-state index in [-0.39, 0.29) is 11.9 Å². The molecule has 1 aliphatic rings. The van der Waals surface area contributed by atoms with Gasteiger partial charge in [-0.25, -0.2) is 0 Å². The van der Waals surface area contributed by atoms with Crippen molar-refractivity contribution in [3.63, 3.8) is 0 Å². The van der Waals surface area contributed by atoms with Gasteiger partial charge in [0.05, 0.1) is 13.0 Å². The Balaban J connectivity index is 2.27. The standard InChI is InChI=1S/C8H15NO2/c1-11-8(10)7(5-9)4-6-2-3-6/h6-7H,2-5,9H2,1H3/t7-/m1/s1. The second-order valence-corrected chi connectivity index (χ2v) is 3.13. The van der Waals surface area contributed by atoms with Crippen LogP contribution in [0.5, 0.6) is 0 Å². The Bertz CT molecular complexity index is 143. The number of nitrogens with two attached hydrogens (primary N) is 1. The van der Waals surface area contributed by atoms with E-state index in [1.807, 2.05) is 0 Å². The molecule has 1 atom stereocenters. The molecule has 0 bridgehead atoms. The average Bonchev–Trinajstić information content (AvgIpc) is 2.82. The van der Waals surface area contributed by atoms with Crippen LogP contribution in [0, 0.1) is 11.8 Å². The first-order valence-electron chi connectivity index (χ1n) is 4.05. The molecule has 0 heterocycles. The fourth-order valence-electron chi connectivity index (χ4n) is 1.21. The maximum absolute atomic E-state index is 11.0. The van der Waals surface area contributed by atoms with Crippen LogP contribution in [0.4, 0.5) is 0 Å². The van der Waals surface area contributed by atoms with Crippen LogP contribution in [0.15, 0.2) is 0 Å². The third-order valence-corrected chi connectivity index (χ3v) is 2.13.